The molecule has 0 aliphatic carbocycles. The molecule has 0 saturated carbocycles. The summed E-state index contributed by atoms with van der Waals surface area (Å²) in [5, 5.41) is 14.1. The molecule has 2 atom stereocenters. The summed E-state index contributed by atoms with van der Waals surface area (Å²) in [5.41, 5.74) is 4.55. The highest BCUT2D eigenvalue weighted by Gasteiger charge is 2.20. The highest BCUT2D eigenvalue weighted by Crippen LogP contribution is 2.23. The zero-order valence-electron chi connectivity index (χ0n) is 13.0. The zero-order chi connectivity index (χ0) is 15.2. The molecule has 0 saturated heterocycles. The van der Waals surface area contributed by atoms with Crippen molar-refractivity contribution in [3.05, 3.63) is 65.0 Å². The number of aliphatic hydroxyl groups is 1. The van der Waals surface area contributed by atoms with Crippen molar-refractivity contribution in [2.24, 2.45) is 0 Å². The molecule has 3 heteroatoms. The molecule has 0 amide bonds. The van der Waals surface area contributed by atoms with Crippen molar-refractivity contribution in [2.75, 3.05) is 0 Å². The first-order valence-corrected chi connectivity index (χ1v) is 7.49. The molecular formula is C18H24N2O. The van der Waals surface area contributed by atoms with Gasteiger partial charge in [0.05, 0.1) is 6.10 Å². The molecule has 2 rings (SSSR count). The second-order valence-corrected chi connectivity index (χ2v) is 5.56. The summed E-state index contributed by atoms with van der Waals surface area (Å²) in [7, 11) is 0. The van der Waals surface area contributed by atoms with Crippen LogP contribution in [-0.4, -0.2) is 16.1 Å². The SMILES string of the molecule is CCC(NCc1ccncc1)C(O)c1ccc(C)cc1C. The third kappa shape index (κ3) is 4.13. The Hall–Kier alpha value is -1.71. The maximum atomic E-state index is 10.7. The molecule has 0 spiro atoms. The number of nitrogens with zero attached hydrogens (tertiary/aromatic N) is 1. The average Bonchev–Trinajstić information content (AvgIpc) is 2.48. The standard InChI is InChI=1S/C18H24N2O/c1-4-17(20-12-15-7-9-19-10-8-15)18(21)16-6-5-13(2)11-14(16)3/h5-11,17-18,20-21H,4,12H2,1-3H3. The Bertz CT molecular complexity index is 569. The number of hydrogen-bond donors (Lipinski definition) is 2. The third-order valence-electron chi connectivity index (χ3n) is 3.88. The molecule has 1 aromatic carbocycles. The summed E-state index contributed by atoms with van der Waals surface area (Å²) in [6.07, 6.45) is 3.97. The Morgan fingerprint density at radius 2 is 1.86 bits per heavy atom. The summed E-state index contributed by atoms with van der Waals surface area (Å²) in [4.78, 5) is 4.02. The van der Waals surface area contributed by atoms with Gasteiger partial charge in [-0.3, -0.25) is 4.98 Å². The van der Waals surface area contributed by atoms with Crippen LogP contribution in [0.4, 0.5) is 0 Å². The van der Waals surface area contributed by atoms with Crippen LogP contribution in [0.2, 0.25) is 0 Å². The van der Waals surface area contributed by atoms with E-state index < -0.39 is 6.10 Å². The van der Waals surface area contributed by atoms with E-state index in [4.69, 9.17) is 0 Å². The molecule has 2 N–H and O–H groups in total. The molecule has 0 fully saturated rings. The van der Waals surface area contributed by atoms with Gasteiger partial charge in [0.25, 0.3) is 0 Å². The minimum Gasteiger partial charge on any atom is -0.387 e. The topological polar surface area (TPSA) is 45.2 Å². The van der Waals surface area contributed by atoms with Crippen LogP contribution in [-0.2, 0) is 6.54 Å². The first-order chi connectivity index (χ1) is 10.1. The minimum absolute atomic E-state index is 0.0413. The number of benzene rings is 1. The van der Waals surface area contributed by atoms with E-state index >= 15 is 0 Å². The first-order valence-electron chi connectivity index (χ1n) is 7.49. The molecule has 1 heterocycles. The molecule has 0 bridgehead atoms. The maximum Gasteiger partial charge on any atom is 0.0945 e. The van der Waals surface area contributed by atoms with Crippen molar-refractivity contribution in [2.45, 2.75) is 45.9 Å². The van der Waals surface area contributed by atoms with E-state index in [1.165, 1.54) is 11.1 Å². The molecular weight excluding hydrogens is 260 g/mol. The Balaban J connectivity index is 2.06. The van der Waals surface area contributed by atoms with Gasteiger partial charge in [-0.25, -0.2) is 0 Å². The van der Waals surface area contributed by atoms with E-state index in [0.717, 1.165) is 24.1 Å². The number of rotatable bonds is 6. The van der Waals surface area contributed by atoms with E-state index in [-0.39, 0.29) is 6.04 Å². The van der Waals surface area contributed by atoms with Gasteiger partial charge in [-0.15, -0.1) is 0 Å². The molecule has 0 radical (unpaired) electrons. The lowest BCUT2D eigenvalue weighted by molar-refractivity contribution is 0.124. The average molecular weight is 284 g/mol. The molecule has 1 aromatic heterocycles. The van der Waals surface area contributed by atoms with Gasteiger partial charge in [0.2, 0.25) is 0 Å². The third-order valence-corrected chi connectivity index (χ3v) is 3.88. The van der Waals surface area contributed by atoms with Crippen LogP contribution in [0, 0.1) is 13.8 Å². The van der Waals surface area contributed by atoms with Gasteiger partial charge < -0.3 is 10.4 Å². The fourth-order valence-corrected chi connectivity index (χ4v) is 2.60. The molecule has 3 nitrogen and oxygen atoms in total. The summed E-state index contributed by atoms with van der Waals surface area (Å²) in [6.45, 7) is 6.96. The number of aliphatic hydroxyl groups excluding tert-OH is 1. The van der Waals surface area contributed by atoms with Crippen LogP contribution < -0.4 is 5.32 Å². The zero-order valence-corrected chi connectivity index (χ0v) is 13.0. The summed E-state index contributed by atoms with van der Waals surface area (Å²) < 4.78 is 0. The molecule has 0 aliphatic heterocycles. The van der Waals surface area contributed by atoms with Crippen molar-refractivity contribution in [1.29, 1.82) is 0 Å². The van der Waals surface area contributed by atoms with E-state index in [9.17, 15) is 5.11 Å². The van der Waals surface area contributed by atoms with Gasteiger partial charge in [0.1, 0.15) is 0 Å². The Labute approximate surface area is 127 Å². The van der Waals surface area contributed by atoms with Crippen molar-refractivity contribution >= 4 is 0 Å². The van der Waals surface area contributed by atoms with Crippen molar-refractivity contribution in [3.63, 3.8) is 0 Å². The van der Waals surface area contributed by atoms with Crippen LogP contribution in [0.25, 0.3) is 0 Å². The Morgan fingerprint density at radius 1 is 1.14 bits per heavy atom. The summed E-state index contributed by atoms with van der Waals surface area (Å²) >= 11 is 0. The van der Waals surface area contributed by atoms with Crippen LogP contribution >= 0.6 is 0 Å². The van der Waals surface area contributed by atoms with Crippen LogP contribution in [0.5, 0.6) is 0 Å². The van der Waals surface area contributed by atoms with Crippen LogP contribution in [0.15, 0.2) is 42.7 Å². The fraction of sp³-hybridized carbons (Fsp3) is 0.389. The minimum atomic E-state index is -0.488. The lowest BCUT2D eigenvalue weighted by Gasteiger charge is -2.25. The van der Waals surface area contributed by atoms with E-state index in [1.54, 1.807) is 12.4 Å². The highest BCUT2D eigenvalue weighted by molar-refractivity contribution is 5.32. The number of hydrogen-bond acceptors (Lipinski definition) is 3. The second-order valence-electron chi connectivity index (χ2n) is 5.56. The van der Waals surface area contributed by atoms with Crippen LogP contribution in [0.3, 0.4) is 0 Å². The van der Waals surface area contributed by atoms with Gasteiger partial charge >= 0.3 is 0 Å². The predicted molar refractivity (Wildman–Crippen MR) is 86.0 cm³/mol. The Morgan fingerprint density at radius 3 is 2.48 bits per heavy atom. The highest BCUT2D eigenvalue weighted by atomic mass is 16.3. The quantitative estimate of drug-likeness (QED) is 0.855. The summed E-state index contributed by atoms with van der Waals surface area (Å²) in [5.74, 6) is 0. The number of aromatic nitrogens is 1. The van der Waals surface area contributed by atoms with E-state index in [2.05, 4.69) is 43.2 Å². The molecule has 21 heavy (non-hydrogen) atoms. The van der Waals surface area contributed by atoms with Crippen molar-refractivity contribution < 1.29 is 5.11 Å². The number of aryl methyl sites for hydroxylation is 2. The molecule has 112 valence electrons. The van der Waals surface area contributed by atoms with E-state index in [1.807, 2.05) is 18.2 Å². The normalized spacial score (nSPS) is 13.9. The predicted octanol–water partition coefficient (Wildman–Crippen LogP) is 3.30. The van der Waals surface area contributed by atoms with Gasteiger partial charge in [-0.05, 0) is 49.1 Å². The fourth-order valence-electron chi connectivity index (χ4n) is 2.60. The lowest BCUT2D eigenvalue weighted by Crippen LogP contribution is -2.34. The number of pyridine rings is 1. The molecule has 2 unspecified atom stereocenters. The largest absolute Gasteiger partial charge is 0.387 e. The summed E-state index contributed by atoms with van der Waals surface area (Å²) in [6, 6.07) is 10.2. The van der Waals surface area contributed by atoms with Gasteiger partial charge in [-0.2, -0.15) is 0 Å². The van der Waals surface area contributed by atoms with E-state index in [0.29, 0.717) is 0 Å². The molecule has 0 aliphatic rings. The monoisotopic (exact) mass is 284 g/mol. The first kappa shape index (κ1) is 15.7. The molecule has 2 aromatic rings. The van der Waals surface area contributed by atoms with Gasteiger partial charge in [0.15, 0.2) is 0 Å². The number of nitrogens with one attached hydrogen (secondary N) is 1. The van der Waals surface area contributed by atoms with Crippen molar-refractivity contribution in [1.82, 2.24) is 10.3 Å². The lowest BCUT2D eigenvalue weighted by atomic mass is 9.95. The maximum absolute atomic E-state index is 10.7. The van der Waals surface area contributed by atoms with Gasteiger partial charge in [-0.1, -0.05) is 30.7 Å². The second kappa shape index (κ2) is 7.34. The van der Waals surface area contributed by atoms with Crippen LogP contribution in [0.1, 0.15) is 41.7 Å². The Kier molecular flexibility index (Phi) is 5.48. The van der Waals surface area contributed by atoms with Crippen molar-refractivity contribution in [3.8, 4) is 0 Å². The van der Waals surface area contributed by atoms with Gasteiger partial charge in [0, 0.05) is 25.0 Å². The smallest absolute Gasteiger partial charge is 0.0945 e.